The van der Waals surface area contributed by atoms with Crippen molar-refractivity contribution in [1.29, 1.82) is 5.26 Å². The van der Waals surface area contributed by atoms with Crippen molar-refractivity contribution in [2.75, 3.05) is 38.1 Å². The van der Waals surface area contributed by atoms with Crippen molar-refractivity contribution >= 4 is 22.4 Å². The zero-order valence-corrected chi connectivity index (χ0v) is 15.7. The minimum absolute atomic E-state index is 0.0959. The van der Waals surface area contributed by atoms with Crippen molar-refractivity contribution in [3.05, 3.63) is 36.7 Å². The number of likely N-dealkylation sites (tertiary alicyclic amines) is 2. The van der Waals surface area contributed by atoms with E-state index in [1.165, 1.54) is 11.1 Å². The first kappa shape index (κ1) is 17.7. The summed E-state index contributed by atoms with van der Waals surface area (Å²) in [5.74, 6) is 0.0959. The summed E-state index contributed by atoms with van der Waals surface area (Å²) >= 11 is 0. The molecule has 4 rings (SSSR count). The molecule has 6 nitrogen and oxygen atoms in total. The molecule has 0 N–H and O–H groups in total. The van der Waals surface area contributed by atoms with Crippen molar-refractivity contribution < 1.29 is 4.79 Å². The summed E-state index contributed by atoms with van der Waals surface area (Å²) in [5, 5.41) is 11.6. The Hall–Kier alpha value is -2.65. The predicted octanol–water partition coefficient (Wildman–Crippen LogP) is 2.26. The van der Waals surface area contributed by atoms with E-state index in [0.717, 1.165) is 44.3 Å². The molecule has 2 saturated heterocycles. The van der Waals surface area contributed by atoms with Gasteiger partial charge in [0.05, 0.1) is 12.6 Å². The van der Waals surface area contributed by atoms with Crippen LogP contribution >= 0.6 is 0 Å². The number of nitriles is 1. The first-order chi connectivity index (χ1) is 13.2. The molecule has 1 aromatic heterocycles. The molecule has 0 spiro atoms. The van der Waals surface area contributed by atoms with E-state index in [-0.39, 0.29) is 11.9 Å². The number of hydrogen-bond acceptors (Lipinski definition) is 5. The molecule has 3 heterocycles. The van der Waals surface area contributed by atoms with Crippen molar-refractivity contribution in [2.24, 2.45) is 0 Å². The Morgan fingerprint density at radius 2 is 2.22 bits per heavy atom. The maximum atomic E-state index is 12.6. The second-order valence-corrected chi connectivity index (χ2v) is 7.54. The molecule has 2 fully saturated rings. The first-order valence-electron chi connectivity index (χ1n) is 9.64. The van der Waals surface area contributed by atoms with E-state index < -0.39 is 0 Å². The van der Waals surface area contributed by atoms with Gasteiger partial charge in [-0.15, -0.1) is 0 Å². The summed E-state index contributed by atoms with van der Waals surface area (Å²) in [6, 6.07) is 10.8. The van der Waals surface area contributed by atoms with Gasteiger partial charge < -0.3 is 9.80 Å². The minimum Gasteiger partial charge on any atom is -0.370 e. The Balaban J connectivity index is 1.42. The largest absolute Gasteiger partial charge is 0.370 e. The van der Waals surface area contributed by atoms with Gasteiger partial charge in [0.1, 0.15) is 6.04 Å². The number of hydrogen-bond donors (Lipinski definition) is 0. The lowest BCUT2D eigenvalue weighted by molar-refractivity contribution is -0.132. The summed E-state index contributed by atoms with van der Waals surface area (Å²) in [5.41, 5.74) is 1.21. The molecule has 0 saturated carbocycles. The van der Waals surface area contributed by atoms with E-state index in [1.54, 1.807) is 4.90 Å². The molecule has 6 heteroatoms. The molecule has 1 aromatic carbocycles. The number of nitrogens with zero attached hydrogens (tertiary/aromatic N) is 5. The lowest BCUT2D eigenvalue weighted by Crippen LogP contribution is -2.42. The van der Waals surface area contributed by atoms with Crippen LogP contribution in [-0.2, 0) is 4.79 Å². The van der Waals surface area contributed by atoms with Crippen LogP contribution in [0.3, 0.4) is 0 Å². The Morgan fingerprint density at radius 1 is 1.33 bits per heavy atom. The molecule has 1 amide bonds. The van der Waals surface area contributed by atoms with E-state index in [0.29, 0.717) is 12.6 Å². The fourth-order valence-electron chi connectivity index (χ4n) is 4.36. The monoisotopic (exact) mass is 363 g/mol. The SMILES string of the molecule is CN(c1cccc2cnccc12)[C@H]1CCN(CC(=O)N2CCCC2C#N)C1. The average Bonchev–Trinajstić information content (AvgIpc) is 3.36. The molecular formula is C21H25N5O. The number of likely N-dealkylation sites (N-methyl/N-ethyl adjacent to an activating group) is 1. The first-order valence-corrected chi connectivity index (χ1v) is 9.64. The average molecular weight is 363 g/mol. The number of carbonyl (C=O) groups is 1. The molecule has 0 aliphatic carbocycles. The molecule has 27 heavy (non-hydrogen) atoms. The van der Waals surface area contributed by atoms with Crippen LogP contribution in [0, 0.1) is 11.3 Å². The van der Waals surface area contributed by atoms with Gasteiger partial charge in [-0.05, 0) is 31.4 Å². The standard InChI is InChI=1S/C21H25N5O/c1-24(20-6-2-4-16-13-23-9-7-19(16)20)18-8-11-25(14-18)15-21(27)26-10-3-5-17(26)12-22/h2,4,6-7,9,13,17-18H,3,5,8,10-11,14-15H2,1H3/t17?,18-/m0/s1. The second kappa shape index (κ2) is 7.53. The maximum absolute atomic E-state index is 12.6. The summed E-state index contributed by atoms with van der Waals surface area (Å²) in [4.78, 5) is 23.1. The summed E-state index contributed by atoms with van der Waals surface area (Å²) < 4.78 is 0. The third-order valence-corrected chi connectivity index (χ3v) is 5.91. The maximum Gasteiger partial charge on any atom is 0.237 e. The predicted molar refractivity (Wildman–Crippen MR) is 105 cm³/mol. The lowest BCUT2D eigenvalue weighted by atomic mass is 10.1. The number of fused-ring (bicyclic) bond motifs is 1. The number of benzene rings is 1. The number of aromatic nitrogens is 1. The van der Waals surface area contributed by atoms with Crippen LogP contribution in [0.4, 0.5) is 5.69 Å². The van der Waals surface area contributed by atoms with Crippen LogP contribution < -0.4 is 4.90 Å². The fraction of sp³-hybridized carbons (Fsp3) is 0.476. The highest BCUT2D eigenvalue weighted by Crippen LogP contribution is 2.29. The van der Waals surface area contributed by atoms with Gasteiger partial charge in [-0.1, -0.05) is 12.1 Å². The normalized spacial score (nSPS) is 22.9. The molecule has 140 valence electrons. The van der Waals surface area contributed by atoms with E-state index in [2.05, 4.69) is 52.2 Å². The number of pyridine rings is 1. The van der Waals surface area contributed by atoms with Crippen LogP contribution in [0.1, 0.15) is 19.3 Å². The van der Waals surface area contributed by atoms with Gasteiger partial charge in [0.25, 0.3) is 0 Å². The third-order valence-electron chi connectivity index (χ3n) is 5.91. The minimum atomic E-state index is -0.233. The van der Waals surface area contributed by atoms with E-state index in [9.17, 15) is 10.1 Å². The Bertz CT molecular complexity index is 871. The molecule has 0 bridgehead atoms. The van der Waals surface area contributed by atoms with Crippen molar-refractivity contribution in [2.45, 2.75) is 31.3 Å². The van der Waals surface area contributed by atoms with Crippen LogP contribution in [0.5, 0.6) is 0 Å². The van der Waals surface area contributed by atoms with Gasteiger partial charge in [0.2, 0.25) is 5.91 Å². The second-order valence-electron chi connectivity index (χ2n) is 7.54. The van der Waals surface area contributed by atoms with Crippen LogP contribution in [-0.4, -0.2) is 66.0 Å². The summed E-state index contributed by atoms with van der Waals surface area (Å²) in [6.07, 6.45) is 6.51. The molecular weight excluding hydrogens is 338 g/mol. The van der Waals surface area contributed by atoms with Crippen LogP contribution in [0.25, 0.3) is 10.8 Å². The van der Waals surface area contributed by atoms with Gasteiger partial charge in [0, 0.05) is 61.6 Å². The molecule has 2 aliphatic rings. The van der Waals surface area contributed by atoms with Crippen molar-refractivity contribution in [1.82, 2.24) is 14.8 Å². The number of rotatable bonds is 4. The lowest BCUT2D eigenvalue weighted by Gasteiger charge is -2.28. The van der Waals surface area contributed by atoms with E-state index >= 15 is 0 Å². The quantitative estimate of drug-likeness (QED) is 0.834. The summed E-state index contributed by atoms with van der Waals surface area (Å²) in [6.45, 7) is 2.92. The number of carbonyl (C=O) groups excluding carboxylic acids is 1. The molecule has 0 radical (unpaired) electrons. The highest BCUT2D eigenvalue weighted by molar-refractivity contribution is 5.93. The zero-order valence-electron chi connectivity index (χ0n) is 15.7. The van der Waals surface area contributed by atoms with Crippen molar-refractivity contribution in [3.8, 4) is 6.07 Å². The molecule has 1 unspecified atom stereocenters. The Morgan fingerprint density at radius 3 is 3.07 bits per heavy atom. The fourth-order valence-corrected chi connectivity index (χ4v) is 4.36. The van der Waals surface area contributed by atoms with Crippen LogP contribution in [0.2, 0.25) is 0 Å². The van der Waals surface area contributed by atoms with Gasteiger partial charge >= 0.3 is 0 Å². The van der Waals surface area contributed by atoms with Gasteiger partial charge in [-0.3, -0.25) is 14.7 Å². The third kappa shape index (κ3) is 3.47. The molecule has 2 aliphatic heterocycles. The van der Waals surface area contributed by atoms with E-state index in [1.807, 2.05) is 12.4 Å². The van der Waals surface area contributed by atoms with Gasteiger partial charge in [-0.2, -0.15) is 5.26 Å². The highest BCUT2D eigenvalue weighted by Gasteiger charge is 2.32. The number of anilines is 1. The van der Waals surface area contributed by atoms with Gasteiger partial charge in [0.15, 0.2) is 0 Å². The summed E-state index contributed by atoms with van der Waals surface area (Å²) in [7, 11) is 2.14. The topological polar surface area (TPSA) is 63.5 Å². The van der Waals surface area contributed by atoms with Crippen LogP contribution in [0.15, 0.2) is 36.7 Å². The zero-order chi connectivity index (χ0) is 18.8. The highest BCUT2D eigenvalue weighted by atomic mass is 16.2. The van der Waals surface area contributed by atoms with E-state index in [4.69, 9.17) is 0 Å². The molecule has 2 aromatic rings. The Kier molecular flexibility index (Phi) is 4.95. The van der Waals surface area contributed by atoms with Crippen molar-refractivity contribution in [3.63, 3.8) is 0 Å². The Labute approximate surface area is 160 Å². The number of amides is 1. The molecule has 2 atom stereocenters. The smallest absolute Gasteiger partial charge is 0.237 e. The van der Waals surface area contributed by atoms with Gasteiger partial charge in [-0.25, -0.2) is 0 Å².